The molecule has 0 aliphatic heterocycles. The van der Waals surface area contributed by atoms with Crippen LogP contribution < -0.4 is 14.8 Å². The second-order valence-electron chi connectivity index (χ2n) is 5.77. The Morgan fingerprint density at radius 2 is 1.81 bits per heavy atom. The smallest absolute Gasteiger partial charge is 0.343 e. The number of nitrogens with one attached hydrogen (secondary N) is 1. The molecule has 144 valence electrons. The summed E-state index contributed by atoms with van der Waals surface area (Å²) in [6.45, 7) is 3.69. The van der Waals surface area contributed by atoms with Crippen LogP contribution in [-0.2, 0) is 9.53 Å². The molecule has 0 saturated carbocycles. The van der Waals surface area contributed by atoms with Crippen molar-refractivity contribution in [2.45, 2.75) is 19.9 Å². The molecule has 0 bridgehead atoms. The summed E-state index contributed by atoms with van der Waals surface area (Å²) in [7, 11) is 4.15. The number of esters is 1. The summed E-state index contributed by atoms with van der Waals surface area (Å²) in [6.07, 6.45) is 1.28. The van der Waals surface area contributed by atoms with E-state index in [4.69, 9.17) is 14.2 Å². The molecule has 0 radical (unpaired) electrons. The van der Waals surface area contributed by atoms with Gasteiger partial charge in [-0.2, -0.15) is 0 Å². The van der Waals surface area contributed by atoms with Crippen LogP contribution in [0.4, 0.5) is 0 Å². The molecule has 2 N–H and O–H groups in total. The van der Waals surface area contributed by atoms with Gasteiger partial charge in [-0.3, -0.25) is 4.79 Å². The highest BCUT2D eigenvalue weighted by molar-refractivity contribution is 14.1. The average molecular weight is 477 g/mol. The topological polar surface area (TPSA) is 94.1 Å². The largest absolute Gasteiger partial charge is 0.496 e. The summed E-state index contributed by atoms with van der Waals surface area (Å²) in [5, 5.41) is 12.3. The van der Waals surface area contributed by atoms with Crippen LogP contribution in [-0.4, -0.2) is 50.8 Å². The number of rotatable bonds is 9. The number of carbonyl (C=O) groups is 2. The molecular formula is C18H24INO6. The lowest BCUT2D eigenvalue weighted by Crippen LogP contribution is -2.34. The van der Waals surface area contributed by atoms with Crippen molar-refractivity contribution >= 4 is 34.3 Å². The first kappa shape index (κ1) is 22.2. The maximum Gasteiger partial charge on any atom is 0.343 e. The molecule has 26 heavy (non-hydrogen) atoms. The molecular weight excluding hydrogens is 453 g/mol. The van der Waals surface area contributed by atoms with Gasteiger partial charge in [-0.25, -0.2) is 4.79 Å². The molecule has 1 aromatic rings. The van der Waals surface area contributed by atoms with E-state index in [-0.39, 0.29) is 35.5 Å². The van der Waals surface area contributed by atoms with Crippen LogP contribution in [0.3, 0.4) is 0 Å². The van der Waals surface area contributed by atoms with Gasteiger partial charge in [-0.05, 0) is 34.6 Å². The van der Waals surface area contributed by atoms with Crippen LogP contribution in [0.5, 0.6) is 11.5 Å². The molecule has 0 heterocycles. The number of aliphatic hydroxyl groups excluding tert-OH is 1. The summed E-state index contributed by atoms with van der Waals surface area (Å²) < 4.78 is 15.9. The van der Waals surface area contributed by atoms with E-state index < -0.39 is 11.8 Å². The van der Waals surface area contributed by atoms with Gasteiger partial charge in [0.1, 0.15) is 17.1 Å². The van der Waals surface area contributed by atoms with Crippen molar-refractivity contribution in [2.75, 3.05) is 27.9 Å². The number of carbonyl (C=O) groups excluding carboxylic acids is 2. The highest BCUT2D eigenvalue weighted by Gasteiger charge is 2.25. The number of aliphatic hydroxyl groups is 1. The fraction of sp³-hybridized carbons (Fsp3) is 0.444. The molecule has 0 aliphatic carbocycles. The Morgan fingerprint density at radius 1 is 1.19 bits per heavy atom. The first-order valence-corrected chi connectivity index (χ1v) is 9.00. The molecule has 8 heteroatoms. The molecule has 1 atom stereocenters. The SMILES string of the molecule is COC(=O)/C(=C\N[C@H](CO)C(C)C)C(=O)c1cc(I)c(OC)cc1OC. The molecule has 0 aromatic heterocycles. The third kappa shape index (κ3) is 5.34. The summed E-state index contributed by atoms with van der Waals surface area (Å²) in [6, 6.07) is 2.87. The molecule has 1 aromatic carbocycles. The number of hydrogen-bond acceptors (Lipinski definition) is 7. The van der Waals surface area contributed by atoms with Gasteiger partial charge in [-0.15, -0.1) is 0 Å². The van der Waals surface area contributed by atoms with E-state index in [0.717, 1.165) is 0 Å². The minimum atomic E-state index is -0.782. The van der Waals surface area contributed by atoms with Gasteiger partial charge in [0.15, 0.2) is 0 Å². The summed E-state index contributed by atoms with van der Waals surface area (Å²) in [5.41, 5.74) is 0.0205. The van der Waals surface area contributed by atoms with Crippen LogP contribution in [0.25, 0.3) is 0 Å². The van der Waals surface area contributed by atoms with Gasteiger partial charge in [0, 0.05) is 12.3 Å². The van der Waals surface area contributed by atoms with Gasteiger partial charge in [-0.1, -0.05) is 13.8 Å². The van der Waals surface area contributed by atoms with Crippen molar-refractivity contribution in [3.63, 3.8) is 0 Å². The minimum Gasteiger partial charge on any atom is -0.496 e. The second kappa shape index (κ2) is 10.4. The van der Waals surface area contributed by atoms with Crippen molar-refractivity contribution < 1.29 is 28.9 Å². The number of hydrogen-bond donors (Lipinski definition) is 2. The Kier molecular flexibility index (Phi) is 8.86. The van der Waals surface area contributed by atoms with E-state index in [2.05, 4.69) is 5.32 Å². The predicted octanol–water partition coefficient (Wildman–Crippen LogP) is 2.15. The van der Waals surface area contributed by atoms with E-state index in [0.29, 0.717) is 9.32 Å². The highest BCUT2D eigenvalue weighted by atomic mass is 127. The molecule has 0 saturated heterocycles. The Balaban J connectivity index is 3.34. The zero-order chi connectivity index (χ0) is 19.9. The van der Waals surface area contributed by atoms with Gasteiger partial charge in [0.25, 0.3) is 0 Å². The third-order valence-corrected chi connectivity index (χ3v) is 4.65. The molecule has 0 amide bonds. The van der Waals surface area contributed by atoms with E-state index in [9.17, 15) is 14.7 Å². The molecule has 0 fully saturated rings. The van der Waals surface area contributed by atoms with Crippen LogP contribution >= 0.6 is 22.6 Å². The van der Waals surface area contributed by atoms with Crippen LogP contribution in [0.15, 0.2) is 23.9 Å². The standard InChI is InChI=1S/C18H24INO6/c1-10(2)14(9-21)20-8-12(18(23)26-5)17(22)11-6-13(19)16(25-4)7-15(11)24-3/h6-8,10,14,20-21H,9H2,1-5H3/b12-8-/t14-/m1/s1. The van der Waals surface area contributed by atoms with E-state index in [1.165, 1.54) is 27.5 Å². The Bertz CT molecular complexity index is 687. The fourth-order valence-electron chi connectivity index (χ4n) is 2.16. The zero-order valence-electron chi connectivity index (χ0n) is 15.5. The van der Waals surface area contributed by atoms with Crippen molar-refractivity contribution in [3.05, 3.63) is 33.0 Å². The molecule has 7 nitrogen and oxygen atoms in total. The van der Waals surface area contributed by atoms with Crippen molar-refractivity contribution in [2.24, 2.45) is 5.92 Å². The summed E-state index contributed by atoms with van der Waals surface area (Å²) in [4.78, 5) is 25.1. The second-order valence-corrected chi connectivity index (χ2v) is 6.93. The van der Waals surface area contributed by atoms with Gasteiger partial charge in [0.2, 0.25) is 5.78 Å². The van der Waals surface area contributed by atoms with E-state index in [1.807, 2.05) is 36.4 Å². The number of Topliss-reactive ketones (excluding diaryl/α,β-unsaturated/α-hetero) is 1. The van der Waals surface area contributed by atoms with Crippen LogP contribution in [0.1, 0.15) is 24.2 Å². The highest BCUT2D eigenvalue weighted by Crippen LogP contribution is 2.31. The van der Waals surface area contributed by atoms with Crippen molar-refractivity contribution in [3.8, 4) is 11.5 Å². The normalized spacial score (nSPS) is 12.5. The zero-order valence-corrected chi connectivity index (χ0v) is 17.6. The Hall–Kier alpha value is -1.81. The first-order chi connectivity index (χ1) is 12.3. The monoisotopic (exact) mass is 477 g/mol. The lowest BCUT2D eigenvalue weighted by atomic mass is 10.0. The maximum absolute atomic E-state index is 13.0. The van der Waals surface area contributed by atoms with Crippen molar-refractivity contribution in [1.82, 2.24) is 5.32 Å². The predicted molar refractivity (Wildman–Crippen MR) is 106 cm³/mol. The van der Waals surface area contributed by atoms with Gasteiger partial charge >= 0.3 is 5.97 Å². The molecule has 0 unspecified atom stereocenters. The number of ketones is 1. The van der Waals surface area contributed by atoms with Crippen molar-refractivity contribution in [1.29, 1.82) is 0 Å². The molecule has 1 rings (SSSR count). The molecule has 0 spiro atoms. The fourth-order valence-corrected chi connectivity index (χ4v) is 2.84. The maximum atomic E-state index is 13.0. The average Bonchev–Trinajstić information content (AvgIpc) is 2.63. The summed E-state index contributed by atoms with van der Waals surface area (Å²) >= 11 is 2.03. The lowest BCUT2D eigenvalue weighted by molar-refractivity contribution is -0.135. The third-order valence-electron chi connectivity index (χ3n) is 3.81. The van der Waals surface area contributed by atoms with Crippen LogP contribution in [0.2, 0.25) is 0 Å². The van der Waals surface area contributed by atoms with E-state index >= 15 is 0 Å². The lowest BCUT2D eigenvalue weighted by Gasteiger charge is -2.19. The van der Waals surface area contributed by atoms with Crippen LogP contribution in [0, 0.1) is 9.49 Å². The number of halogens is 1. The summed E-state index contributed by atoms with van der Waals surface area (Å²) in [5.74, 6) is -0.398. The molecule has 0 aliphatic rings. The number of methoxy groups -OCH3 is 3. The number of ether oxygens (including phenoxy) is 3. The first-order valence-electron chi connectivity index (χ1n) is 7.92. The van der Waals surface area contributed by atoms with Gasteiger partial charge < -0.3 is 24.6 Å². The van der Waals surface area contributed by atoms with E-state index in [1.54, 1.807) is 12.1 Å². The Labute approximate surface area is 166 Å². The number of benzene rings is 1. The van der Waals surface area contributed by atoms with Gasteiger partial charge in [0.05, 0.1) is 43.1 Å². The quantitative estimate of drug-likeness (QED) is 0.141. The minimum absolute atomic E-state index is 0.0988. The Morgan fingerprint density at radius 3 is 2.27 bits per heavy atom.